The molecule has 4 heteroatoms. The van der Waals surface area contributed by atoms with Crippen LogP contribution in [0.5, 0.6) is 0 Å². The van der Waals surface area contributed by atoms with E-state index in [1.807, 2.05) is 13.8 Å². The molecule has 16 heavy (non-hydrogen) atoms. The quantitative estimate of drug-likeness (QED) is 0.633. The highest BCUT2D eigenvalue weighted by Crippen LogP contribution is 2.14. The molecule has 88 valence electrons. The van der Waals surface area contributed by atoms with Gasteiger partial charge in [-0.25, -0.2) is 9.18 Å². The van der Waals surface area contributed by atoms with Gasteiger partial charge in [0.1, 0.15) is 5.82 Å². The number of esters is 1. The van der Waals surface area contributed by atoms with Gasteiger partial charge in [-0.2, -0.15) is 0 Å². The standard InChI is InChI=1S/C12H16FNO2/c1-3-4-8(2)16-12(15)9-5-6-11(14)10(13)7-9/h5-8H,3-4,14H2,1-2H3. The smallest absolute Gasteiger partial charge is 0.338 e. The van der Waals surface area contributed by atoms with E-state index in [2.05, 4.69) is 0 Å². The van der Waals surface area contributed by atoms with Crippen molar-refractivity contribution in [3.8, 4) is 0 Å². The summed E-state index contributed by atoms with van der Waals surface area (Å²) in [6, 6.07) is 3.91. The van der Waals surface area contributed by atoms with E-state index >= 15 is 0 Å². The lowest BCUT2D eigenvalue weighted by Crippen LogP contribution is -2.15. The summed E-state index contributed by atoms with van der Waals surface area (Å²) in [5, 5.41) is 0. The van der Waals surface area contributed by atoms with Crippen LogP contribution in [0, 0.1) is 5.82 Å². The molecule has 1 aromatic carbocycles. The van der Waals surface area contributed by atoms with Crippen LogP contribution in [0.1, 0.15) is 37.0 Å². The van der Waals surface area contributed by atoms with E-state index in [1.165, 1.54) is 12.1 Å². The Balaban J connectivity index is 2.69. The first-order valence-corrected chi connectivity index (χ1v) is 5.30. The second-order valence-corrected chi connectivity index (χ2v) is 3.74. The zero-order chi connectivity index (χ0) is 12.1. The fourth-order valence-electron chi connectivity index (χ4n) is 1.37. The number of hydrogen-bond donors (Lipinski definition) is 1. The molecule has 0 aromatic heterocycles. The fraction of sp³-hybridized carbons (Fsp3) is 0.417. The molecule has 0 fully saturated rings. The van der Waals surface area contributed by atoms with Gasteiger partial charge in [-0.3, -0.25) is 0 Å². The van der Waals surface area contributed by atoms with Crippen molar-refractivity contribution >= 4 is 11.7 Å². The number of carbonyl (C=O) groups is 1. The van der Waals surface area contributed by atoms with Gasteiger partial charge in [0, 0.05) is 0 Å². The highest BCUT2D eigenvalue weighted by Gasteiger charge is 2.12. The molecule has 1 aromatic rings. The van der Waals surface area contributed by atoms with Gasteiger partial charge < -0.3 is 10.5 Å². The highest BCUT2D eigenvalue weighted by atomic mass is 19.1. The average molecular weight is 225 g/mol. The van der Waals surface area contributed by atoms with Crippen LogP contribution >= 0.6 is 0 Å². The van der Waals surface area contributed by atoms with Crippen LogP contribution < -0.4 is 5.73 Å². The van der Waals surface area contributed by atoms with E-state index < -0.39 is 11.8 Å². The van der Waals surface area contributed by atoms with Crippen LogP contribution in [0.3, 0.4) is 0 Å². The lowest BCUT2D eigenvalue weighted by Gasteiger charge is -2.12. The summed E-state index contributed by atoms with van der Waals surface area (Å²) >= 11 is 0. The van der Waals surface area contributed by atoms with Crippen LogP contribution in [0.4, 0.5) is 10.1 Å². The summed E-state index contributed by atoms with van der Waals surface area (Å²) < 4.78 is 18.2. The van der Waals surface area contributed by atoms with Gasteiger partial charge >= 0.3 is 5.97 Å². The lowest BCUT2D eigenvalue weighted by atomic mass is 10.2. The topological polar surface area (TPSA) is 52.3 Å². The van der Waals surface area contributed by atoms with Crippen LogP contribution in [0.25, 0.3) is 0 Å². The molecule has 0 aliphatic carbocycles. The van der Waals surface area contributed by atoms with E-state index in [0.29, 0.717) is 0 Å². The number of ether oxygens (including phenoxy) is 1. The van der Waals surface area contributed by atoms with Gasteiger partial charge in [-0.05, 0) is 31.5 Å². The summed E-state index contributed by atoms with van der Waals surface area (Å²) in [7, 11) is 0. The van der Waals surface area contributed by atoms with Crippen LogP contribution in [-0.4, -0.2) is 12.1 Å². The van der Waals surface area contributed by atoms with Gasteiger partial charge in [0.2, 0.25) is 0 Å². The molecule has 1 unspecified atom stereocenters. The van der Waals surface area contributed by atoms with Crippen molar-refractivity contribution in [3.05, 3.63) is 29.6 Å². The molecule has 0 saturated heterocycles. The number of hydrogen-bond acceptors (Lipinski definition) is 3. The Kier molecular flexibility index (Phi) is 4.28. The van der Waals surface area contributed by atoms with Crippen LogP contribution in [-0.2, 0) is 4.74 Å². The molecule has 0 heterocycles. The molecule has 1 atom stereocenters. The predicted molar refractivity (Wildman–Crippen MR) is 60.6 cm³/mol. The molecule has 3 nitrogen and oxygen atoms in total. The molecule has 0 amide bonds. The Morgan fingerprint density at radius 3 is 2.81 bits per heavy atom. The van der Waals surface area contributed by atoms with Crippen LogP contribution in [0.15, 0.2) is 18.2 Å². The van der Waals surface area contributed by atoms with Crippen molar-refractivity contribution in [1.29, 1.82) is 0 Å². The largest absolute Gasteiger partial charge is 0.459 e. The molecular weight excluding hydrogens is 209 g/mol. The first-order chi connectivity index (χ1) is 7.54. The van der Waals surface area contributed by atoms with Crippen molar-refractivity contribution in [3.63, 3.8) is 0 Å². The van der Waals surface area contributed by atoms with Crippen LogP contribution in [0.2, 0.25) is 0 Å². The van der Waals surface area contributed by atoms with Gasteiger partial charge in [-0.15, -0.1) is 0 Å². The van der Waals surface area contributed by atoms with E-state index in [-0.39, 0.29) is 17.4 Å². The maximum Gasteiger partial charge on any atom is 0.338 e. The molecule has 0 spiro atoms. The van der Waals surface area contributed by atoms with Gasteiger partial charge in [0.25, 0.3) is 0 Å². The second kappa shape index (κ2) is 5.49. The maximum absolute atomic E-state index is 13.1. The molecule has 0 radical (unpaired) electrons. The number of carbonyl (C=O) groups excluding carboxylic acids is 1. The molecular formula is C12H16FNO2. The second-order valence-electron chi connectivity index (χ2n) is 3.74. The monoisotopic (exact) mass is 225 g/mol. The molecule has 0 aliphatic rings. The Morgan fingerprint density at radius 2 is 2.25 bits per heavy atom. The summed E-state index contributed by atoms with van der Waals surface area (Å²) in [5.41, 5.74) is 5.53. The normalized spacial score (nSPS) is 12.2. The van der Waals surface area contributed by atoms with Gasteiger partial charge in [0.05, 0.1) is 17.4 Å². The first-order valence-electron chi connectivity index (χ1n) is 5.30. The molecule has 0 bridgehead atoms. The Bertz CT molecular complexity index is 379. The Hall–Kier alpha value is -1.58. The number of nitrogen functional groups attached to an aromatic ring is 1. The predicted octanol–water partition coefficient (Wildman–Crippen LogP) is 2.75. The molecule has 2 N–H and O–H groups in total. The Labute approximate surface area is 94.4 Å². The van der Waals surface area contributed by atoms with Gasteiger partial charge in [-0.1, -0.05) is 13.3 Å². The SMILES string of the molecule is CCCC(C)OC(=O)c1ccc(N)c(F)c1. The number of nitrogens with two attached hydrogens (primary N) is 1. The zero-order valence-corrected chi connectivity index (χ0v) is 9.50. The third kappa shape index (κ3) is 3.22. The summed E-state index contributed by atoms with van der Waals surface area (Å²) in [4.78, 5) is 11.6. The number of anilines is 1. The average Bonchev–Trinajstić information content (AvgIpc) is 2.22. The number of halogens is 1. The molecule has 1 rings (SSSR count). The van der Waals surface area contributed by atoms with Crippen molar-refractivity contribution in [2.24, 2.45) is 0 Å². The molecule has 0 aliphatic heterocycles. The van der Waals surface area contributed by atoms with Gasteiger partial charge in [0.15, 0.2) is 0 Å². The van der Waals surface area contributed by atoms with Crippen molar-refractivity contribution in [2.75, 3.05) is 5.73 Å². The van der Waals surface area contributed by atoms with Crippen molar-refractivity contribution in [2.45, 2.75) is 32.8 Å². The third-order valence-electron chi connectivity index (χ3n) is 2.24. The van der Waals surface area contributed by atoms with Crippen molar-refractivity contribution < 1.29 is 13.9 Å². The van der Waals surface area contributed by atoms with Crippen molar-refractivity contribution in [1.82, 2.24) is 0 Å². The molecule has 0 saturated carbocycles. The summed E-state index contributed by atoms with van der Waals surface area (Å²) in [5.74, 6) is -1.11. The van der Waals surface area contributed by atoms with E-state index in [1.54, 1.807) is 0 Å². The maximum atomic E-state index is 13.1. The zero-order valence-electron chi connectivity index (χ0n) is 9.50. The third-order valence-corrected chi connectivity index (χ3v) is 2.24. The Morgan fingerprint density at radius 1 is 1.56 bits per heavy atom. The van der Waals surface area contributed by atoms with E-state index in [9.17, 15) is 9.18 Å². The van der Waals surface area contributed by atoms with E-state index in [0.717, 1.165) is 18.9 Å². The minimum atomic E-state index is -0.599. The fourth-order valence-corrected chi connectivity index (χ4v) is 1.37. The first kappa shape index (κ1) is 12.5. The van der Waals surface area contributed by atoms with E-state index in [4.69, 9.17) is 10.5 Å². The highest BCUT2D eigenvalue weighted by molar-refractivity contribution is 5.89. The number of benzene rings is 1. The lowest BCUT2D eigenvalue weighted by molar-refractivity contribution is 0.0323. The summed E-state index contributed by atoms with van der Waals surface area (Å²) in [6.45, 7) is 3.82. The number of rotatable bonds is 4. The minimum absolute atomic E-state index is 0.0261. The summed E-state index contributed by atoms with van der Waals surface area (Å²) in [6.07, 6.45) is 1.58. The minimum Gasteiger partial charge on any atom is -0.459 e.